The number of nitrogens with one attached hydrogen (secondary N) is 1. The highest BCUT2D eigenvalue weighted by Crippen LogP contribution is 2.34. The van der Waals surface area contributed by atoms with Crippen molar-refractivity contribution < 1.29 is 23.1 Å². The van der Waals surface area contributed by atoms with Crippen LogP contribution in [-0.4, -0.2) is 21.3 Å². The summed E-state index contributed by atoms with van der Waals surface area (Å²) in [6, 6.07) is 1.72. The number of fused-ring (bicyclic) bond motifs is 1. The van der Waals surface area contributed by atoms with Crippen LogP contribution in [0.1, 0.15) is 15.9 Å². The molecule has 0 spiro atoms. The van der Waals surface area contributed by atoms with E-state index in [0.717, 1.165) is 12.3 Å². The van der Waals surface area contributed by atoms with Crippen LogP contribution in [0.4, 0.5) is 13.2 Å². The Hall–Kier alpha value is -2.05. The fourth-order valence-electron chi connectivity index (χ4n) is 1.40. The van der Waals surface area contributed by atoms with Gasteiger partial charge in [0, 0.05) is 5.39 Å². The largest absolute Gasteiger partial charge is 0.478 e. The Morgan fingerprint density at radius 3 is 2.62 bits per heavy atom. The number of hydrogen-bond donors (Lipinski definition) is 2. The molecule has 0 bridgehead atoms. The molecule has 16 heavy (non-hydrogen) atoms. The Morgan fingerprint density at radius 1 is 1.38 bits per heavy atom. The van der Waals surface area contributed by atoms with Gasteiger partial charge in [0.2, 0.25) is 0 Å². The smallest absolute Gasteiger partial charge is 0.418 e. The van der Waals surface area contributed by atoms with Gasteiger partial charge in [-0.15, -0.1) is 0 Å². The van der Waals surface area contributed by atoms with Gasteiger partial charge in [0.25, 0.3) is 0 Å². The predicted molar refractivity (Wildman–Crippen MR) is 48.1 cm³/mol. The maximum absolute atomic E-state index is 12.6. The number of carboxylic acids is 1. The molecule has 0 atom stereocenters. The van der Waals surface area contributed by atoms with E-state index in [1.54, 1.807) is 0 Å². The lowest BCUT2D eigenvalue weighted by atomic mass is 10.1. The molecular weight excluding hydrogens is 225 g/mol. The number of aromatic nitrogens is 2. The Bertz CT molecular complexity index is 559. The predicted octanol–water partition coefficient (Wildman–Crippen LogP) is 2.28. The molecule has 7 heteroatoms. The van der Waals surface area contributed by atoms with Gasteiger partial charge < -0.3 is 5.11 Å². The Kier molecular flexibility index (Phi) is 2.11. The first kappa shape index (κ1) is 10.5. The summed E-state index contributed by atoms with van der Waals surface area (Å²) in [5, 5.41) is 14.4. The van der Waals surface area contributed by atoms with Crippen molar-refractivity contribution in [2.45, 2.75) is 6.18 Å². The Morgan fingerprint density at radius 2 is 2.06 bits per heavy atom. The molecule has 2 aromatic rings. The van der Waals surface area contributed by atoms with E-state index in [2.05, 4.69) is 10.2 Å². The number of alkyl halides is 3. The lowest BCUT2D eigenvalue weighted by Crippen LogP contribution is -2.08. The van der Waals surface area contributed by atoms with Crippen molar-refractivity contribution in [3.05, 3.63) is 29.5 Å². The van der Waals surface area contributed by atoms with Crippen molar-refractivity contribution in [2.75, 3.05) is 0 Å². The fourth-order valence-corrected chi connectivity index (χ4v) is 1.40. The van der Waals surface area contributed by atoms with Crippen LogP contribution >= 0.6 is 0 Å². The topological polar surface area (TPSA) is 66.0 Å². The zero-order valence-electron chi connectivity index (χ0n) is 7.67. The van der Waals surface area contributed by atoms with Crippen LogP contribution in [0, 0.1) is 0 Å². The van der Waals surface area contributed by atoms with Crippen molar-refractivity contribution >= 4 is 16.9 Å². The van der Waals surface area contributed by atoms with Gasteiger partial charge in [-0.3, -0.25) is 5.10 Å². The van der Waals surface area contributed by atoms with Crippen molar-refractivity contribution in [3.63, 3.8) is 0 Å². The second-order valence-corrected chi connectivity index (χ2v) is 3.16. The summed E-state index contributed by atoms with van der Waals surface area (Å²) in [5.74, 6) is -1.41. The normalized spacial score (nSPS) is 11.9. The summed E-state index contributed by atoms with van der Waals surface area (Å²) < 4.78 is 37.8. The number of hydrogen-bond acceptors (Lipinski definition) is 2. The molecule has 2 N–H and O–H groups in total. The summed E-state index contributed by atoms with van der Waals surface area (Å²) in [5.41, 5.74) is -1.65. The van der Waals surface area contributed by atoms with Gasteiger partial charge in [-0.1, -0.05) is 0 Å². The van der Waals surface area contributed by atoms with Gasteiger partial charge in [-0.2, -0.15) is 18.3 Å². The summed E-state index contributed by atoms with van der Waals surface area (Å²) in [7, 11) is 0. The Balaban J connectivity index is 2.79. The van der Waals surface area contributed by atoms with E-state index >= 15 is 0 Å². The number of carboxylic acid groups (broad SMARTS) is 1. The third kappa shape index (κ3) is 1.60. The fraction of sp³-hybridized carbons (Fsp3) is 0.111. The van der Waals surface area contributed by atoms with E-state index in [1.807, 2.05) is 0 Å². The first-order valence-electron chi connectivity index (χ1n) is 4.17. The lowest BCUT2D eigenvalue weighted by molar-refractivity contribution is -0.136. The van der Waals surface area contributed by atoms with E-state index in [4.69, 9.17) is 5.11 Å². The molecule has 0 unspecified atom stereocenters. The second kappa shape index (κ2) is 3.22. The number of aromatic carboxylic acids is 1. The summed E-state index contributed by atoms with van der Waals surface area (Å²) >= 11 is 0. The number of benzene rings is 1. The standard InChI is InChI=1S/C9H5F3N2O2/c10-9(11,12)6-2-4(8(15)16)1-5-3-13-14-7(5)6/h1-3H,(H,13,14)(H,15,16). The van der Waals surface area contributed by atoms with Gasteiger partial charge in [-0.05, 0) is 12.1 Å². The first-order chi connectivity index (χ1) is 7.39. The molecule has 84 valence electrons. The first-order valence-corrected chi connectivity index (χ1v) is 4.17. The van der Waals surface area contributed by atoms with Crippen molar-refractivity contribution in [1.29, 1.82) is 0 Å². The lowest BCUT2D eigenvalue weighted by Gasteiger charge is -2.08. The molecule has 0 saturated heterocycles. The average molecular weight is 230 g/mol. The van der Waals surface area contributed by atoms with Crippen LogP contribution in [0.15, 0.2) is 18.3 Å². The second-order valence-electron chi connectivity index (χ2n) is 3.16. The number of halogens is 3. The highest BCUT2D eigenvalue weighted by molar-refractivity contribution is 5.94. The SMILES string of the molecule is O=C(O)c1cc(C(F)(F)F)c2[nH]ncc2c1. The molecule has 1 aromatic heterocycles. The van der Waals surface area contributed by atoms with Crippen LogP contribution in [0.25, 0.3) is 10.9 Å². The maximum atomic E-state index is 12.6. The van der Waals surface area contributed by atoms with Gasteiger partial charge in [0.1, 0.15) is 0 Å². The number of rotatable bonds is 1. The number of carbonyl (C=O) groups is 1. The quantitative estimate of drug-likeness (QED) is 0.789. The average Bonchev–Trinajstić information content (AvgIpc) is 2.61. The van der Waals surface area contributed by atoms with E-state index in [0.29, 0.717) is 6.07 Å². The van der Waals surface area contributed by atoms with E-state index in [-0.39, 0.29) is 10.9 Å². The molecule has 0 amide bonds. The highest BCUT2D eigenvalue weighted by Gasteiger charge is 2.34. The van der Waals surface area contributed by atoms with E-state index < -0.39 is 23.3 Å². The van der Waals surface area contributed by atoms with Crippen molar-refractivity contribution in [3.8, 4) is 0 Å². The summed E-state index contributed by atoms with van der Waals surface area (Å²) in [6.07, 6.45) is -3.47. The van der Waals surface area contributed by atoms with Crippen molar-refractivity contribution in [1.82, 2.24) is 10.2 Å². The molecule has 1 heterocycles. The third-order valence-corrected chi connectivity index (χ3v) is 2.10. The molecule has 0 aliphatic carbocycles. The monoisotopic (exact) mass is 230 g/mol. The molecule has 1 aromatic carbocycles. The molecular formula is C9H5F3N2O2. The number of aromatic amines is 1. The zero-order valence-corrected chi connectivity index (χ0v) is 7.67. The number of nitrogens with zero attached hydrogens (tertiary/aromatic N) is 1. The van der Waals surface area contributed by atoms with Crippen LogP contribution in [0.3, 0.4) is 0 Å². The minimum Gasteiger partial charge on any atom is -0.478 e. The minimum atomic E-state index is -4.61. The van der Waals surface area contributed by atoms with Gasteiger partial charge >= 0.3 is 12.1 Å². The summed E-state index contributed by atoms with van der Waals surface area (Å²) in [4.78, 5) is 10.6. The minimum absolute atomic E-state index is 0.118. The molecule has 0 fully saturated rings. The van der Waals surface area contributed by atoms with E-state index in [9.17, 15) is 18.0 Å². The van der Waals surface area contributed by atoms with Crippen LogP contribution in [-0.2, 0) is 6.18 Å². The van der Waals surface area contributed by atoms with Gasteiger partial charge in [-0.25, -0.2) is 4.79 Å². The molecule has 0 radical (unpaired) electrons. The molecule has 4 nitrogen and oxygen atoms in total. The Labute approximate surface area is 86.7 Å². The molecule has 0 aliphatic rings. The van der Waals surface area contributed by atoms with Gasteiger partial charge in [0.05, 0.1) is 22.8 Å². The zero-order chi connectivity index (χ0) is 11.9. The van der Waals surface area contributed by atoms with Crippen LogP contribution < -0.4 is 0 Å². The van der Waals surface area contributed by atoms with Crippen LogP contribution in [0.5, 0.6) is 0 Å². The van der Waals surface area contributed by atoms with Crippen LogP contribution in [0.2, 0.25) is 0 Å². The highest BCUT2D eigenvalue weighted by atomic mass is 19.4. The number of H-pyrrole nitrogens is 1. The third-order valence-electron chi connectivity index (χ3n) is 2.10. The molecule has 2 rings (SSSR count). The molecule has 0 aliphatic heterocycles. The summed E-state index contributed by atoms with van der Waals surface area (Å²) in [6.45, 7) is 0. The van der Waals surface area contributed by atoms with Crippen molar-refractivity contribution in [2.24, 2.45) is 0 Å². The van der Waals surface area contributed by atoms with Gasteiger partial charge in [0.15, 0.2) is 0 Å². The molecule has 0 saturated carbocycles. The maximum Gasteiger partial charge on any atom is 0.418 e. The van der Waals surface area contributed by atoms with E-state index in [1.165, 1.54) is 0 Å².